The zero-order valence-corrected chi connectivity index (χ0v) is 17.5. The van der Waals surface area contributed by atoms with Crippen molar-refractivity contribution in [3.8, 4) is 23.0 Å². The van der Waals surface area contributed by atoms with E-state index in [1.165, 1.54) is 19.3 Å². The monoisotopic (exact) mass is 419 g/mol. The summed E-state index contributed by atoms with van der Waals surface area (Å²) in [4.78, 5) is 20.3. The molecule has 3 aliphatic heterocycles. The highest BCUT2D eigenvalue weighted by atomic mass is 16.7. The first-order chi connectivity index (χ1) is 15.2. The molecule has 7 heteroatoms. The van der Waals surface area contributed by atoms with E-state index in [9.17, 15) is 4.79 Å². The van der Waals surface area contributed by atoms with Gasteiger partial charge in [-0.05, 0) is 63.1 Å². The van der Waals surface area contributed by atoms with Gasteiger partial charge in [0, 0.05) is 23.7 Å². The summed E-state index contributed by atoms with van der Waals surface area (Å²) in [6.07, 6.45) is 5.75. The van der Waals surface area contributed by atoms with Crippen molar-refractivity contribution in [2.45, 2.75) is 50.2 Å². The lowest BCUT2D eigenvalue weighted by molar-refractivity contribution is 0.0463. The van der Waals surface area contributed by atoms with Gasteiger partial charge in [-0.25, -0.2) is 4.98 Å². The smallest absolute Gasteiger partial charge is 0.253 e. The van der Waals surface area contributed by atoms with Crippen molar-refractivity contribution in [1.82, 2.24) is 15.2 Å². The summed E-state index contributed by atoms with van der Waals surface area (Å²) in [5.74, 6) is 1.76. The van der Waals surface area contributed by atoms with Gasteiger partial charge in [0.25, 0.3) is 5.91 Å². The molecule has 1 N–H and O–H groups in total. The highest BCUT2D eigenvalue weighted by Gasteiger charge is 2.36. The van der Waals surface area contributed by atoms with E-state index in [0.29, 0.717) is 46.1 Å². The Bertz CT molecular complexity index is 1140. The van der Waals surface area contributed by atoms with Gasteiger partial charge >= 0.3 is 0 Å². The number of piperidine rings is 2. The molecule has 2 bridgehead atoms. The van der Waals surface area contributed by atoms with E-state index in [1.807, 2.05) is 36.4 Å². The Morgan fingerprint density at radius 3 is 2.74 bits per heavy atom. The SMILES string of the molecule is CN1C2CCCC1CC(NC(=O)c1cccc3oc(-c4ccc5c(c4)OCO5)nc13)C2. The van der Waals surface area contributed by atoms with E-state index in [-0.39, 0.29) is 18.7 Å². The fourth-order valence-electron chi connectivity index (χ4n) is 5.28. The zero-order chi connectivity index (χ0) is 20.9. The molecule has 2 saturated heterocycles. The summed E-state index contributed by atoms with van der Waals surface area (Å²) in [5.41, 5.74) is 2.52. The van der Waals surface area contributed by atoms with Gasteiger partial charge in [-0.2, -0.15) is 0 Å². The molecule has 0 saturated carbocycles. The van der Waals surface area contributed by atoms with Crippen LogP contribution in [0.4, 0.5) is 0 Å². The van der Waals surface area contributed by atoms with Crippen LogP contribution in [0.25, 0.3) is 22.6 Å². The van der Waals surface area contributed by atoms with Gasteiger partial charge < -0.3 is 24.1 Å². The van der Waals surface area contributed by atoms with E-state index >= 15 is 0 Å². The van der Waals surface area contributed by atoms with Crippen molar-refractivity contribution in [2.24, 2.45) is 0 Å². The van der Waals surface area contributed by atoms with Gasteiger partial charge in [0.1, 0.15) is 5.52 Å². The Morgan fingerprint density at radius 1 is 1.10 bits per heavy atom. The maximum absolute atomic E-state index is 13.2. The van der Waals surface area contributed by atoms with Crippen LogP contribution >= 0.6 is 0 Å². The number of para-hydroxylation sites is 1. The Kier molecular flexibility index (Phi) is 4.38. The van der Waals surface area contributed by atoms with Crippen molar-refractivity contribution >= 4 is 17.0 Å². The number of fused-ring (bicyclic) bond motifs is 4. The van der Waals surface area contributed by atoms with Crippen LogP contribution in [0.5, 0.6) is 11.5 Å². The summed E-state index contributed by atoms with van der Waals surface area (Å²) < 4.78 is 16.8. The van der Waals surface area contributed by atoms with Crippen LogP contribution in [0.1, 0.15) is 42.5 Å². The first-order valence-electron chi connectivity index (χ1n) is 11.0. The number of hydrogen-bond acceptors (Lipinski definition) is 6. The first-order valence-corrected chi connectivity index (χ1v) is 11.0. The molecule has 160 valence electrons. The van der Waals surface area contributed by atoms with Crippen LogP contribution in [0.3, 0.4) is 0 Å². The number of aromatic nitrogens is 1. The topological polar surface area (TPSA) is 76.8 Å². The maximum Gasteiger partial charge on any atom is 0.253 e. The van der Waals surface area contributed by atoms with Crippen LogP contribution in [-0.2, 0) is 0 Å². The Morgan fingerprint density at radius 2 is 1.90 bits per heavy atom. The van der Waals surface area contributed by atoms with Gasteiger partial charge in [-0.15, -0.1) is 0 Å². The number of carbonyl (C=O) groups is 1. The molecule has 2 aromatic carbocycles. The van der Waals surface area contributed by atoms with Gasteiger partial charge in [0.2, 0.25) is 12.7 Å². The van der Waals surface area contributed by atoms with Crippen molar-refractivity contribution in [3.05, 3.63) is 42.0 Å². The molecule has 1 aromatic heterocycles. The number of ether oxygens (including phenoxy) is 2. The quantitative estimate of drug-likeness (QED) is 0.692. The van der Waals surface area contributed by atoms with Crippen molar-refractivity contribution < 1.29 is 18.7 Å². The van der Waals surface area contributed by atoms with Crippen LogP contribution in [0.2, 0.25) is 0 Å². The summed E-state index contributed by atoms with van der Waals surface area (Å²) in [5, 5.41) is 3.28. The molecule has 0 spiro atoms. The molecular formula is C24H25N3O4. The van der Waals surface area contributed by atoms with E-state index in [0.717, 1.165) is 18.4 Å². The van der Waals surface area contributed by atoms with Gasteiger partial charge in [-0.3, -0.25) is 4.79 Å². The third kappa shape index (κ3) is 3.24. The summed E-state index contributed by atoms with van der Waals surface area (Å²) in [6.45, 7) is 0.218. The largest absolute Gasteiger partial charge is 0.454 e. The molecule has 3 aromatic rings. The molecule has 7 nitrogen and oxygen atoms in total. The summed E-state index contributed by atoms with van der Waals surface area (Å²) in [7, 11) is 2.22. The number of nitrogens with one attached hydrogen (secondary N) is 1. The molecule has 2 fully saturated rings. The van der Waals surface area contributed by atoms with Crippen LogP contribution < -0.4 is 14.8 Å². The molecule has 2 atom stereocenters. The molecule has 0 radical (unpaired) electrons. The fourth-order valence-corrected chi connectivity index (χ4v) is 5.28. The minimum Gasteiger partial charge on any atom is -0.454 e. The lowest BCUT2D eigenvalue weighted by atomic mass is 9.82. The third-order valence-electron chi connectivity index (χ3n) is 6.96. The molecule has 1 amide bonds. The van der Waals surface area contributed by atoms with E-state index < -0.39 is 0 Å². The number of rotatable bonds is 3. The number of amides is 1. The minimum absolute atomic E-state index is 0.0798. The lowest BCUT2D eigenvalue weighted by Gasteiger charge is -2.47. The predicted octanol–water partition coefficient (Wildman–Crippen LogP) is 3.97. The van der Waals surface area contributed by atoms with Gasteiger partial charge in [0.15, 0.2) is 17.1 Å². The second-order valence-corrected chi connectivity index (χ2v) is 8.79. The predicted molar refractivity (Wildman–Crippen MR) is 115 cm³/mol. The molecule has 31 heavy (non-hydrogen) atoms. The molecule has 2 unspecified atom stereocenters. The molecular weight excluding hydrogens is 394 g/mol. The highest BCUT2D eigenvalue weighted by molar-refractivity contribution is 6.05. The van der Waals surface area contributed by atoms with Crippen molar-refractivity contribution in [1.29, 1.82) is 0 Å². The number of carbonyl (C=O) groups excluding carboxylic acids is 1. The molecule has 4 heterocycles. The van der Waals surface area contributed by atoms with Crippen molar-refractivity contribution in [2.75, 3.05) is 13.8 Å². The van der Waals surface area contributed by atoms with Gasteiger partial charge in [0.05, 0.1) is 5.56 Å². The highest BCUT2D eigenvalue weighted by Crippen LogP contribution is 2.37. The maximum atomic E-state index is 13.2. The average molecular weight is 419 g/mol. The Balaban J connectivity index is 1.27. The summed E-state index contributed by atoms with van der Waals surface area (Å²) >= 11 is 0. The summed E-state index contributed by atoms with van der Waals surface area (Å²) in [6, 6.07) is 12.4. The van der Waals surface area contributed by atoms with Crippen molar-refractivity contribution in [3.63, 3.8) is 0 Å². The number of nitrogens with zero attached hydrogens (tertiary/aromatic N) is 2. The number of benzene rings is 2. The average Bonchev–Trinajstić information content (AvgIpc) is 3.40. The zero-order valence-electron chi connectivity index (χ0n) is 17.5. The van der Waals surface area contributed by atoms with Crippen LogP contribution in [0, 0.1) is 0 Å². The van der Waals surface area contributed by atoms with Crippen LogP contribution in [0.15, 0.2) is 40.8 Å². The second-order valence-electron chi connectivity index (χ2n) is 8.79. The van der Waals surface area contributed by atoms with E-state index in [1.54, 1.807) is 0 Å². The second kappa shape index (κ2) is 7.27. The molecule has 3 aliphatic rings. The number of hydrogen-bond donors (Lipinski definition) is 1. The van der Waals surface area contributed by atoms with Gasteiger partial charge in [-0.1, -0.05) is 12.5 Å². The number of oxazole rings is 1. The normalized spacial score (nSPS) is 25.0. The fraction of sp³-hybridized carbons (Fsp3) is 0.417. The Hall–Kier alpha value is -3.06. The first kappa shape index (κ1) is 18.7. The standard InChI is InChI=1S/C24H25N3O4/c1-27-16-4-2-5-17(27)12-15(11-16)25-23(28)18-6-3-7-20-22(18)26-24(31-20)14-8-9-19-21(10-14)30-13-29-19/h3,6-10,15-17H,2,4-5,11-13H2,1H3,(H,25,28). The lowest BCUT2D eigenvalue weighted by Crippen LogP contribution is -2.55. The molecule has 6 rings (SSSR count). The third-order valence-corrected chi connectivity index (χ3v) is 6.96. The van der Waals surface area contributed by atoms with E-state index in [4.69, 9.17) is 13.9 Å². The minimum atomic E-state index is -0.0798. The molecule has 0 aliphatic carbocycles. The Labute approximate surface area is 180 Å². The van der Waals surface area contributed by atoms with Crippen LogP contribution in [-0.4, -0.2) is 47.8 Å². The van der Waals surface area contributed by atoms with E-state index in [2.05, 4.69) is 22.2 Å².